The summed E-state index contributed by atoms with van der Waals surface area (Å²) in [5, 5.41) is 3.04. The van der Waals surface area contributed by atoms with E-state index < -0.39 is 0 Å². The number of nitrogens with one attached hydrogen (secondary N) is 1. The van der Waals surface area contributed by atoms with Gasteiger partial charge in [-0.2, -0.15) is 0 Å². The monoisotopic (exact) mass is 349 g/mol. The Labute approximate surface area is 153 Å². The first kappa shape index (κ1) is 16.6. The molecule has 0 bridgehead atoms. The van der Waals surface area contributed by atoms with E-state index in [-0.39, 0.29) is 5.91 Å². The molecule has 5 heteroatoms. The molecule has 3 aromatic rings. The van der Waals surface area contributed by atoms with Crippen molar-refractivity contribution in [3.8, 4) is 5.75 Å². The van der Waals surface area contributed by atoms with Crippen LogP contribution >= 0.6 is 0 Å². The first-order valence-corrected chi connectivity index (χ1v) is 9.03. The molecule has 1 aliphatic carbocycles. The van der Waals surface area contributed by atoms with E-state index in [0.29, 0.717) is 13.0 Å². The molecule has 1 amide bonds. The topological polar surface area (TPSA) is 55.6 Å². The summed E-state index contributed by atoms with van der Waals surface area (Å²) in [5.41, 5.74) is 6.48. The van der Waals surface area contributed by atoms with Crippen LogP contribution in [0.5, 0.6) is 5.75 Å². The molecule has 26 heavy (non-hydrogen) atoms. The number of ether oxygens (including phenoxy) is 1. The van der Waals surface area contributed by atoms with Gasteiger partial charge in [-0.05, 0) is 55.5 Å². The van der Waals surface area contributed by atoms with Crippen molar-refractivity contribution in [3.63, 3.8) is 0 Å². The van der Waals surface area contributed by atoms with Crippen molar-refractivity contribution in [1.29, 1.82) is 0 Å². The van der Waals surface area contributed by atoms with E-state index in [4.69, 9.17) is 4.74 Å². The van der Waals surface area contributed by atoms with Gasteiger partial charge in [0.05, 0.1) is 24.9 Å². The first-order valence-electron chi connectivity index (χ1n) is 9.03. The second-order valence-corrected chi connectivity index (χ2v) is 6.81. The Balaban J connectivity index is 1.48. The Morgan fingerprint density at radius 2 is 2.08 bits per heavy atom. The number of pyridine rings is 1. The van der Waals surface area contributed by atoms with Crippen LogP contribution in [-0.2, 0) is 30.6 Å². The molecular formula is C21H23N3O2. The fraction of sp³-hybridized carbons (Fsp3) is 0.333. The van der Waals surface area contributed by atoms with Crippen LogP contribution in [-0.4, -0.2) is 22.4 Å². The predicted octanol–water partition coefficient (Wildman–Crippen LogP) is 3.00. The van der Waals surface area contributed by atoms with E-state index in [1.807, 2.05) is 35.7 Å². The lowest BCUT2D eigenvalue weighted by molar-refractivity contribution is -0.120. The SMILES string of the molecule is COc1cc2c(cc1CNC(=O)Cc1c(C)nc3ccccn13)CCC2. The summed E-state index contributed by atoms with van der Waals surface area (Å²) in [6.07, 6.45) is 5.68. The van der Waals surface area contributed by atoms with Gasteiger partial charge in [0.2, 0.25) is 5.91 Å². The molecule has 1 N–H and O–H groups in total. The highest BCUT2D eigenvalue weighted by Gasteiger charge is 2.17. The summed E-state index contributed by atoms with van der Waals surface area (Å²) in [6.45, 7) is 2.42. The number of benzene rings is 1. The van der Waals surface area contributed by atoms with E-state index in [1.165, 1.54) is 17.5 Å². The largest absolute Gasteiger partial charge is 0.496 e. The minimum absolute atomic E-state index is 0.0127. The fourth-order valence-corrected chi connectivity index (χ4v) is 3.77. The smallest absolute Gasteiger partial charge is 0.226 e. The Bertz CT molecular complexity index is 975. The molecule has 5 nitrogen and oxygen atoms in total. The second kappa shape index (κ2) is 6.83. The van der Waals surface area contributed by atoms with Gasteiger partial charge < -0.3 is 14.5 Å². The van der Waals surface area contributed by atoms with Crippen LogP contribution in [0.25, 0.3) is 5.65 Å². The Morgan fingerprint density at radius 3 is 2.88 bits per heavy atom. The van der Waals surface area contributed by atoms with E-state index in [1.54, 1.807) is 7.11 Å². The maximum Gasteiger partial charge on any atom is 0.226 e. The van der Waals surface area contributed by atoms with Crippen molar-refractivity contribution in [2.75, 3.05) is 7.11 Å². The highest BCUT2D eigenvalue weighted by molar-refractivity contribution is 5.78. The van der Waals surface area contributed by atoms with Crippen molar-refractivity contribution < 1.29 is 9.53 Å². The van der Waals surface area contributed by atoms with Crippen molar-refractivity contribution in [2.45, 2.75) is 39.2 Å². The highest BCUT2D eigenvalue weighted by atomic mass is 16.5. The average Bonchev–Trinajstić information content (AvgIpc) is 3.23. The molecule has 1 aliphatic rings. The number of aromatic nitrogens is 2. The van der Waals surface area contributed by atoms with Gasteiger partial charge in [0.1, 0.15) is 11.4 Å². The zero-order chi connectivity index (χ0) is 18.1. The lowest BCUT2D eigenvalue weighted by Crippen LogP contribution is -2.25. The van der Waals surface area contributed by atoms with Crippen molar-refractivity contribution >= 4 is 11.6 Å². The molecule has 2 aromatic heterocycles. The zero-order valence-corrected chi connectivity index (χ0v) is 15.2. The number of rotatable bonds is 5. The Kier molecular flexibility index (Phi) is 4.37. The van der Waals surface area contributed by atoms with Crippen LogP contribution in [0.3, 0.4) is 0 Å². The lowest BCUT2D eigenvalue weighted by atomic mass is 10.0. The third kappa shape index (κ3) is 3.05. The number of fused-ring (bicyclic) bond motifs is 2. The number of hydrogen-bond donors (Lipinski definition) is 1. The number of amides is 1. The molecule has 0 spiro atoms. The average molecular weight is 349 g/mol. The van der Waals surface area contributed by atoms with Gasteiger partial charge >= 0.3 is 0 Å². The molecule has 0 unspecified atom stereocenters. The van der Waals surface area contributed by atoms with Gasteiger partial charge in [0, 0.05) is 18.3 Å². The molecule has 0 aliphatic heterocycles. The van der Waals surface area contributed by atoms with Gasteiger partial charge in [0.25, 0.3) is 0 Å². The minimum Gasteiger partial charge on any atom is -0.496 e. The third-order valence-electron chi connectivity index (χ3n) is 5.13. The molecule has 2 heterocycles. The maximum atomic E-state index is 12.5. The molecule has 134 valence electrons. The lowest BCUT2D eigenvalue weighted by Gasteiger charge is -2.13. The Hall–Kier alpha value is -2.82. The fourth-order valence-electron chi connectivity index (χ4n) is 3.77. The molecule has 0 fully saturated rings. The van der Waals surface area contributed by atoms with Gasteiger partial charge in [-0.25, -0.2) is 4.98 Å². The summed E-state index contributed by atoms with van der Waals surface area (Å²) < 4.78 is 7.50. The minimum atomic E-state index is -0.0127. The van der Waals surface area contributed by atoms with E-state index in [2.05, 4.69) is 22.4 Å². The molecule has 0 atom stereocenters. The van der Waals surface area contributed by atoms with Gasteiger partial charge in [-0.3, -0.25) is 4.79 Å². The predicted molar refractivity (Wildman–Crippen MR) is 100 cm³/mol. The van der Waals surface area contributed by atoms with Crippen molar-refractivity contribution in [1.82, 2.24) is 14.7 Å². The Morgan fingerprint density at radius 1 is 1.27 bits per heavy atom. The summed E-state index contributed by atoms with van der Waals surface area (Å²) in [4.78, 5) is 17.0. The zero-order valence-electron chi connectivity index (χ0n) is 15.2. The van der Waals surface area contributed by atoms with Crippen LogP contribution < -0.4 is 10.1 Å². The van der Waals surface area contributed by atoms with Crippen LogP contribution in [0.15, 0.2) is 36.5 Å². The van der Waals surface area contributed by atoms with Crippen molar-refractivity contribution in [2.24, 2.45) is 0 Å². The number of carbonyl (C=O) groups is 1. The summed E-state index contributed by atoms with van der Waals surface area (Å²) in [6, 6.07) is 10.2. The van der Waals surface area contributed by atoms with Crippen LogP contribution in [0.4, 0.5) is 0 Å². The molecular weight excluding hydrogens is 326 g/mol. The normalized spacial score (nSPS) is 13.0. The second-order valence-electron chi connectivity index (χ2n) is 6.81. The van der Waals surface area contributed by atoms with E-state index >= 15 is 0 Å². The molecule has 1 aromatic carbocycles. The number of methoxy groups -OCH3 is 1. The van der Waals surface area contributed by atoms with Crippen molar-refractivity contribution in [3.05, 3.63) is 64.6 Å². The summed E-state index contributed by atoms with van der Waals surface area (Å²) >= 11 is 0. The number of aryl methyl sites for hydroxylation is 3. The van der Waals surface area contributed by atoms with Crippen LogP contribution in [0.2, 0.25) is 0 Å². The third-order valence-corrected chi connectivity index (χ3v) is 5.13. The van der Waals surface area contributed by atoms with Crippen LogP contribution in [0, 0.1) is 6.92 Å². The maximum absolute atomic E-state index is 12.5. The molecule has 0 saturated carbocycles. The molecule has 0 radical (unpaired) electrons. The summed E-state index contributed by atoms with van der Waals surface area (Å²) in [5.74, 6) is 0.846. The van der Waals surface area contributed by atoms with E-state index in [9.17, 15) is 4.79 Å². The first-order chi connectivity index (χ1) is 12.7. The number of hydrogen-bond acceptors (Lipinski definition) is 3. The molecule has 0 saturated heterocycles. The summed E-state index contributed by atoms with van der Waals surface area (Å²) in [7, 11) is 1.68. The quantitative estimate of drug-likeness (QED) is 0.770. The van der Waals surface area contributed by atoms with E-state index in [0.717, 1.165) is 41.2 Å². The van der Waals surface area contributed by atoms with Gasteiger partial charge in [-0.1, -0.05) is 12.1 Å². The van der Waals surface area contributed by atoms with Gasteiger partial charge in [-0.15, -0.1) is 0 Å². The van der Waals surface area contributed by atoms with Crippen LogP contribution in [0.1, 0.15) is 34.5 Å². The highest BCUT2D eigenvalue weighted by Crippen LogP contribution is 2.29. The molecule has 4 rings (SSSR count). The number of imidazole rings is 1. The standard InChI is InChI=1S/C21H23N3O2/c1-14-18(24-9-4-3-8-20(24)23-14)12-21(25)22-13-17-10-15-6-5-7-16(15)11-19(17)26-2/h3-4,8-11H,5-7,12-13H2,1-2H3,(H,22,25). The number of nitrogens with zero attached hydrogens (tertiary/aromatic N) is 2. The number of carbonyl (C=O) groups excluding carboxylic acids is 1. The van der Waals surface area contributed by atoms with Gasteiger partial charge in [0.15, 0.2) is 0 Å².